The van der Waals surface area contributed by atoms with Crippen molar-refractivity contribution >= 4 is 29.7 Å². The van der Waals surface area contributed by atoms with Gasteiger partial charge in [-0.15, -0.1) is 0 Å². The first-order chi connectivity index (χ1) is 15.3. The van der Waals surface area contributed by atoms with E-state index in [0.29, 0.717) is 37.7 Å². The van der Waals surface area contributed by atoms with Crippen molar-refractivity contribution in [1.29, 1.82) is 0 Å². The van der Waals surface area contributed by atoms with Crippen molar-refractivity contribution in [1.82, 2.24) is 15.0 Å². The summed E-state index contributed by atoms with van der Waals surface area (Å²) in [4.78, 5) is 15.7. The fraction of sp³-hybridized carbons (Fsp3) is 0.273. The third-order valence-electron chi connectivity index (χ3n) is 4.53. The van der Waals surface area contributed by atoms with Gasteiger partial charge in [0.1, 0.15) is 5.75 Å². The molecule has 31 heavy (non-hydrogen) atoms. The predicted molar refractivity (Wildman–Crippen MR) is 121 cm³/mol. The summed E-state index contributed by atoms with van der Waals surface area (Å²) in [6, 6.07) is 17.5. The summed E-state index contributed by atoms with van der Waals surface area (Å²) in [6.07, 6.45) is 1.69. The van der Waals surface area contributed by atoms with E-state index in [-0.39, 0.29) is 0 Å². The smallest absolute Gasteiger partial charge is 0.250 e. The van der Waals surface area contributed by atoms with Crippen LogP contribution in [-0.4, -0.2) is 54.1 Å². The minimum absolute atomic E-state index is 0.347. The maximum atomic E-state index is 5.63. The standard InChI is InChI=1S/C22H25N7O2/c1-2-31-19-11-7-6-8-17(19)16-23-28-21-25-20(24-18-9-4-3-5-10-18)26-22(27-21)29-12-14-30-15-13-29/h3-11,16H,2,12-15H2,1H3,(H2,24,25,26,27,28)/b23-16+. The number of rotatable bonds is 8. The average molecular weight is 419 g/mol. The van der Waals surface area contributed by atoms with E-state index in [0.717, 1.165) is 30.1 Å². The molecule has 0 aliphatic carbocycles. The van der Waals surface area contributed by atoms with Crippen molar-refractivity contribution in [2.24, 2.45) is 5.10 Å². The Bertz CT molecular complexity index is 1010. The van der Waals surface area contributed by atoms with Crippen LogP contribution in [-0.2, 0) is 4.74 Å². The first kappa shape index (κ1) is 20.5. The number of benzene rings is 2. The highest BCUT2D eigenvalue weighted by Crippen LogP contribution is 2.19. The van der Waals surface area contributed by atoms with Crippen LogP contribution in [0.5, 0.6) is 5.75 Å². The van der Waals surface area contributed by atoms with Crippen molar-refractivity contribution in [3.63, 3.8) is 0 Å². The van der Waals surface area contributed by atoms with E-state index in [4.69, 9.17) is 9.47 Å². The first-order valence-corrected chi connectivity index (χ1v) is 10.2. The largest absolute Gasteiger partial charge is 0.493 e. The molecule has 0 spiro atoms. The van der Waals surface area contributed by atoms with E-state index in [2.05, 4.69) is 35.7 Å². The summed E-state index contributed by atoms with van der Waals surface area (Å²) >= 11 is 0. The predicted octanol–water partition coefficient (Wildman–Crippen LogP) is 3.30. The first-order valence-electron chi connectivity index (χ1n) is 10.2. The zero-order valence-electron chi connectivity index (χ0n) is 17.4. The van der Waals surface area contributed by atoms with Gasteiger partial charge < -0.3 is 19.7 Å². The molecule has 9 heteroatoms. The van der Waals surface area contributed by atoms with Crippen LogP contribution in [0.3, 0.4) is 0 Å². The lowest BCUT2D eigenvalue weighted by molar-refractivity contribution is 0.122. The average Bonchev–Trinajstić information content (AvgIpc) is 2.81. The summed E-state index contributed by atoms with van der Waals surface area (Å²) in [5.74, 6) is 2.13. The van der Waals surface area contributed by atoms with E-state index >= 15 is 0 Å². The van der Waals surface area contributed by atoms with Crippen LogP contribution in [0.15, 0.2) is 59.7 Å². The topological polar surface area (TPSA) is 96.8 Å². The lowest BCUT2D eigenvalue weighted by Gasteiger charge is -2.27. The molecule has 1 aliphatic heterocycles. The summed E-state index contributed by atoms with van der Waals surface area (Å²) in [5.41, 5.74) is 4.68. The molecule has 3 aromatic rings. The van der Waals surface area contributed by atoms with Gasteiger partial charge in [0.05, 0.1) is 26.0 Å². The molecule has 0 amide bonds. The molecule has 2 heterocycles. The highest BCUT2D eigenvalue weighted by molar-refractivity contribution is 5.83. The number of aromatic nitrogens is 3. The molecule has 1 aromatic heterocycles. The molecule has 1 aliphatic rings. The fourth-order valence-corrected chi connectivity index (χ4v) is 3.06. The van der Waals surface area contributed by atoms with Crippen LogP contribution >= 0.6 is 0 Å². The van der Waals surface area contributed by atoms with Crippen molar-refractivity contribution in [3.8, 4) is 5.75 Å². The lowest BCUT2D eigenvalue weighted by Crippen LogP contribution is -2.37. The monoisotopic (exact) mass is 419 g/mol. The highest BCUT2D eigenvalue weighted by atomic mass is 16.5. The third kappa shape index (κ3) is 5.67. The van der Waals surface area contributed by atoms with Gasteiger partial charge in [-0.05, 0) is 31.2 Å². The van der Waals surface area contributed by atoms with E-state index in [1.165, 1.54) is 0 Å². The normalized spacial score (nSPS) is 13.9. The molecule has 1 saturated heterocycles. The second-order valence-corrected chi connectivity index (χ2v) is 6.71. The van der Waals surface area contributed by atoms with Crippen molar-refractivity contribution < 1.29 is 9.47 Å². The molecule has 160 valence electrons. The van der Waals surface area contributed by atoms with Gasteiger partial charge in [0.2, 0.25) is 17.8 Å². The van der Waals surface area contributed by atoms with Gasteiger partial charge in [-0.25, -0.2) is 5.43 Å². The van der Waals surface area contributed by atoms with Gasteiger partial charge in [-0.1, -0.05) is 30.3 Å². The fourth-order valence-electron chi connectivity index (χ4n) is 3.06. The Morgan fingerprint density at radius 2 is 1.74 bits per heavy atom. The number of morpholine rings is 1. The Balaban J connectivity index is 1.56. The molecule has 0 bridgehead atoms. The van der Waals surface area contributed by atoms with Crippen LogP contribution in [0, 0.1) is 0 Å². The van der Waals surface area contributed by atoms with Gasteiger partial charge in [-0.2, -0.15) is 20.1 Å². The van der Waals surface area contributed by atoms with Crippen molar-refractivity contribution in [2.45, 2.75) is 6.92 Å². The molecule has 0 atom stereocenters. The lowest BCUT2D eigenvalue weighted by atomic mass is 10.2. The molecule has 2 aromatic carbocycles. The molecular weight excluding hydrogens is 394 g/mol. The van der Waals surface area contributed by atoms with Crippen LogP contribution < -0.4 is 20.4 Å². The zero-order chi connectivity index (χ0) is 21.3. The second kappa shape index (κ2) is 10.4. The Morgan fingerprint density at radius 3 is 2.55 bits per heavy atom. The van der Waals surface area contributed by atoms with Gasteiger partial charge in [-0.3, -0.25) is 0 Å². The molecule has 4 rings (SSSR count). The van der Waals surface area contributed by atoms with Gasteiger partial charge in [0.15, 0.2) is 0 Å². The Hall–Kier alpha value is -3.72. The third-order valence-corrected chi connectivity index (χ3v) is 4.53. The zero-order valence-corrected chi connectivity index (χ0v) is 17.4. The van der Waals surface area contributed by atoms with E-state index in [9.17, 15) is 0 Å². The molecule has 2 N–H and O–H groups in total. The number of ether oxygens (including phenoxy) is 2. The van der Waals surface area contributed by atoms with Gasteiger partial charge in [0, 0.05) is 24.3 Å². The number of hydrogen-bond donors (Lipinski definition) is 2. The molecule has 0 unspecified atom stereocenters. The molecule has 9 nitrogen and oxygen atoms in total. The van der Waals surface area contributed by atoms with E-state index in [1.807, 2.05) is 61.5 Å². The maximum Gasteiger partial charge on any atom is 0.250 e. The van der Waals surface area contributed by atoms with Crippen LogP contribution in [0.4, 0.5) is 23.5 Å². The van der Waals surface area contributed by atoms with Gasteiger partial charge in [0.25, 0.3) is 0 Å². The Kier molecular flexibility index (Phi) is 6.86. The minimum Gasteiger partial charge on any atom is -0.493 e. The Labute approximate surface area is 181 Å². The highest BCUT2D eigenvalue weighted by Gasteiger charge is 2.16. The van der Waals surface area contributed by atoms with Crippen molar-refractivity contribution in [2.75, 3.05) is 48.6 Å². The van der Waals surface area contributed by atoms with Crippen molar-refractivity contribution in [3.05, 3.63) is 60.2 Å². The number of hydrazone groups is 1. The number of nitrogens with one attached hydrogen (secondary N) is 2. The quantitative estimate of drug-likeness (QED) is 0.424. The van der Waals surface area contributed by atoms with Crippen LogP contribution in [0.1, 0.15) is 12.5 Å². The number of nitrogens with zero attached hydrogens (tertiary/aromatic N) is 5. The summed E-state index contributed by atoms with van der Waals surface area (Å²) in [5, 5.41) is 7.54. The SMILES string of the molecule is CCOc1ccccc1/C=N/Nc1nc(Nc2ccccc2)nc(N2CCOCC2)n1. The Morgan fingerprint density at radius 1 is 1.00 bits per heavy atom. The minimum atomic E-state index is 0.347. The number of para-hydroxylation sites is 2. The van der Waals surface area contributed by atoms with Gasteiger partial charge >= 0.3 is 0 Å². The molecule has 0 radical (unpaired) electrons. The summed E-state index contributed by atoms with van der Waals surface area (Å²) in [7, 11) is 0. The maximum absolute atomic E-state index is 5.63. The molecular formula is C22H25N7O2. The van der Waals surface area contributed by atoms with Crippen LogP contribution in [0.25, 0.3) is 0 Å². The van der Waals surface area contributed by atoms with Crippen LogP contribution in [0.2, 0.25) is 0 Å². The van der Waals surface area contributed by atoms with E-state index in [1.54, 1.807) is 6.21 Å². The van der Waals surface area contributed by atoms with E-state index < -0.39 is 0 Å². The summed E-state index contributed by atoms with van der Waals surface area (Å²) < 4.78 is 11.1. The number of hydrogen-bond acceptors (Lipinski definition) is 9. The molecule has 1 fully saturated rings. The molecule has 0 saturated carbocycles. The summed E-state index contributed by atoms with van der Waals surface area (Å²) in [6.45, 7) is 5.26. The second-order valence-electron chi connectivity index (χ2n) is 6.71. The number of anilines is 4.